The second-order valence-corrected chi connectivity index (χ2v) is 4.09. The van der Waals surface area contributed by atoms with E-state index in [1.165, 1.54) is 37.5 Å². The highest BCUT2D eigenvalue weighted by atomic mass is 19.1. The first-order valence-corrected chi connectivity index (χ1v) is 6.06. The van der Waals surface area contributed by atoms with Gasteiger partial charge in [0.15, 0.2) is 5.78 Å². The molecule has 104 valence electrons. The van der Waals surface area contributed by atoms with Crippen LogP contribution in [0.1, 0.15) is 34.6 Å². The minimum Gasteiger partial charge on any atom is -0.462 e. The van der Waals surface area contributed by atoms with Crippen molar-refractivity contribution in [3.63, 3.8) is 0 Å². The third-order valence-corrected chi connectivity index (χ3v) is 2.69. The predicted molar refractivity (Wildman–Crippen MR) is 69.5 cm³/mol. The number of nitrogens with zero attached hydrogens (tertiary/aromatic N) is 2. The molecule has 0 saturated carbocycles. The number of carbonyl (C=O) groups excluding carboxylic acids is 2. The summed E-state index contributed by atoms with van der Waals surface area (Å²) in [7, 11) is 0. The van der Waals surface area contributed by atoms with Crippen LogP contribution in [0.2, 0.25) is 0 Å². The minimum absolute atomic E-state index is 0.0237. The summed E-state index contributed by atoms with van der Waals surface area (Å²) in [5.41, 5.74) is 0.420. The second-order valence-electron chi connectivity index (χ2n) is 4.09. The molecule has 0 amide bonds. The van der Waals surface area contributed by atoms with Crippen molar-refractivity contribution < 1.29 is 18.7 Å². The van der Waals surface area contributed by atoms with E-state index in [1.54, 1.807) is 6.92 Å². The van der Waals surface area contributed by atoms with Gasteiger partial charge in [-0.25, -0.2) is 13.9 Å². The number of esters is 1. The van der Waals surface area contributed by atoms with Crippen LogP contribution in [-0.2, 0) is 4.74 Å². The highest BCUT2D eigenvalue weighted by Crippen LogP contribution is 2.19. The van der Waals surface area contributed by atoms with Crippen molar-refractivity contribution in [3.05, 3.63) is 47.5 Å². The van der Waals surface area contributed by atoms with Crippen molar-refractivity contribution in [2.45, 2.75) is 13.8 Å². The Kier molecular flexibility index (Phi) is 3.93. The van der Waals surface area contributed by atoms with E-state index < -0.39 is 11.8 Å². The molecule has 1 aromatic heterocycles. The zero-order valence-electron chi connectivity index (χ0n) is 11.1. The number of benzene rings is 1. The maximum Gasteiger partial charge on any atom is 0.341 e. The summed E-state index contributed by atoms with van der Waals surface area (Å²) in [6, 6.07) is 4.19. The molecule has 2 aromatic rings. The fourth-order valence-electron chi connectivity index (χ4n) is 1.80. The molecule has 0 aliphatic rings. The van der Waals surface area contributed by atoms with E-state index in [2.05, 4.69) is 5.10 Å². The lowest BCUT2D eigenvalue weighted by Gasteiger charge is -2.07. The number of hydrogen-bond donors (Lipinski definition) is 0. The number of hydrogen-bond acceptors (Lipinski definition) is 4. The molecule has 0 unspecified atom stereocenters. The first kappa shape index (κ1) is 13.9. The molecule has 0 radical (unpaired) electrons. The lowest BCUT2D eigenvalue weighted by atomic mass is 10.1. The molecule has 20 heavy (non-hydrogen) atoms. The number of rotatable bonds is 4. The smallest absolute Gasteiger partial charge is 0.341 e. The molecule has 6 heteroatoms. The quantitative estimate of drug-likeness (QED) is 0.635. The van der Waals surface area contributed by atoms with Crippen LogP contribution in [-0.4, -0.2) is 28.1 Å². The third-order valence-electron chi connectivity index (χ3n) is 2.69. The van der Waals surface area contributed by atoms with Gasteiger partial charge in [-0.05, 0) is 26.0 Å². The lowest BCUT2D eigenvalue weighted by molar-refractivity contribution is 0.0526. The normalized spacial score (nSPS) is 10.3. The molecule has 0 spiro atoms. The summed E-state index contributed by atoms with van der Waals surface area (Å²) >= 11 is 0. The summed E-state index contributed by atoms with van der Waals surface area (Å²) in [6.45, 7) is 3.27. The molecule has 0 aliphatic carbocycles. The monoisotopic (exact) mass is 276 g/mol. The summed E-state index contributed by atoms with van der Waals surface area (Å²) in [6.07, 6.45) is 2.61. The molecule has 1 aromatic carbocycles. The van der Waals surface area contributed by atoms with Crippen molar-refractivity contribution in [2.75, 3.05) is 6.61 Å². The first-order chi connectivity index (χ1) is 9.54. The molecular weight excluding hydrogens is 263 g/mol. The maximum absolute atomic E-state index is 13.9. The Bertz CT molecular complexity index is 664. The van der Waals surface area contributed by atoms with Crippen LogP contribution in [0.15, 0.2) is 30.6 Å². The Hall–Kier alpha value is -2.50. The number of aromatic nitrogens is 2. The fraction of sp³-hybridized carbons (Fsp3) is 0.214. The molecule has 0 atom stereocenters. The van der Waals surface area contributed by atoms with Gasteiger partial charge in [0.25, 0.3) is 0 Å². The van der Waals surface area contributed by atoms with Crippen LogP contribution in [0.25, 0.3) is 5.69 Å². The van der Waals surface area contributed by atoms with Crippen molar-refractivity contribution in [3.8, 4) is 5.69 Å². The van der Waals surface area contributed by atoms with Gasteiger partial charge in [0.1, 0.15) is 11.5 Å². The largest absolute Gasteiger partial charge is 0.462 e. The van der Waals surface area contributed by atoms with Crippen molar-refractivity contribution >= 4 is 11.8 Å². The van der Waals surface area contributed by atoms with Gasteiger partial charge in [-0.1, -0.05) is 6.07 Å². The van der Waals surface area contributed by atoms with Gasteiger partial charge in [0, 0.05) is 11.8 Å². The Labute approximate surface area is 115 Å². The van der Waals surface area contributed by atoms with E-state index in [-0.39, 0.29) is 29.2 Å². The summed E-state index contributed by atoms with van der Waals surface area (Å²) in [4.78, 5) is 23.1. The molecule has 0 aliphatic heterocycles. The van der Waals surface area contributed by atoms with Crippen molar-refractivity contribution in [1.29, 1.82) is 0 Å². The third kappa shape index (κ3) is 2.59. The van der Waals surface area contributed by atoms with Crippen molar-refractivity contribution in [2.24, 2.45) is 0 Å². The van der Waals surface area contributed by atoms with Gasteiger partial charge >= 0.3 is 5.97 Å². The van der Waals surface area contributed by atoms with Gasteiger partial charge in [-0.3, -0.25) is 4.79 Å². The van der Waals surface area contributed by atoms with Crippen LogP contribution >= 0.6 is 0 Å². The predicted octanol–water partition coefficient (Wildman–Crippen LogP) is 2.39. The molecule has 0 bridgehead atoms. The number of halogens is 1. The van der Waals surface area contributed by atoms with Gasteiger partial charge in [-0.15, -0.1) is 0 Å². The van der Waals surface area contributed by atoms with Gasteiger partial charge in [0.2, 0.25) is 0 Å². The van der Waals surface area contributed by atoms with E-state index in [0.29, 0.717) is 0 Å². The zero-order valence-corrected chi connectivity index (χ0v) is 11.1. The summed E-state index contributed by atoms with van der Waals surface area (Å²) in [5, 5.41) is 3.92. The summed E-state index contributed by atoms with van der Waals surface area (Å²) in [5.74, 6) is -1.41. The van der Waals surface area contributed by atoms with Crippen LogP contribution in [0, 0.1) is 5.82 Å². The van der Waals surface area contributed by atoms with Gasteiger partial charge in [0.05, 0.1) is 18.4 Å². The standard InChI is InChI=1S/C14H13FN2O3/c1-3-20-14(19)10-7-16-17(8-10)13-11(9(2)18)5-4-6-12(13)15/h4-8H,3H2,1-2H3. The number of Topliss-reactive ketones (excluding diaryl/α,β-unsaturated/α-hetero) is 1. The second kappa shape index (κ2) is 5.64. The zero-order chi connectivity index (χ0) is 14.7. The minimum atomic E-state index is -0.587. The van der Waals surface area contributed by atoms with Gasteiger partial charge < -0.3 is 4.74 Å². The average molecular weight is 276 g/mol. The highest BCUT2D eigenvalue weighted by molar-refractivity contribution is 5.97. The highest BCUT2D eigenvalue weighted by Gasteiger charge is 2.17. The van der Waals surface area contributed by atoms with E-state index in [4.69, 9.17) is 4.74 Å². The average Bonchev–Trinajstić information content (AvgIpc) is 2.88. The van der Waals surface area contributed by atoms with Crippen LogP contribution in [0.4, 0.5) is 4.39 Å². The van der Waals surface area contributed by atoms with E-state index in [0.717, 1.165) is 4.68 Å². The van der Waals surface area contributed by atoms with Crippen molar-refractivity contribution in [1.82, 2.24) is 9.78 Å². The molecule has 1 heterocycles. The SMILES string of the molecule is CCOC(=O)c1cnn(-c2c(F)cccc2C(C)=O)c1. The molecule has 2 rings (SSSR count). The Balaban J connectivity index is 2.47. The van der Waals surface area contributed by atoms with E-state index >= 15 is 0 Å². The number of ketones is 1. The molecule has 0 saturated heterocycles. The number of ether oxygens (including phenoxy) is 1. The van der Waals surface area contributed by atoms with E-state index in [9.17, 15) is 14.0 Å². The Morgan fingerprint density at radius 2 is 2.15 bits per heavy atom. The topological polar surface area (TPSA) is 61.2 Å². The van der Waals surface area contributed by atoms with Crippen LogP contribution in [0.5, 0.6) is 0 Å². The fourth-order valence-corrected chi connectivity index (χ4v) is 1.80. The summed E-state index contributed by atoms with van der Waals surface area (Å²) < 4.78 is 19.9. The Morgan fingerprint density at radius 1 is 1.40 bits per heavy atom. The molecule has 5 nitrogen and oxygen atoms in total. The van der Waals surface area contributed by atoms with Crippen LogP contribution in [0.3, 0.4) is 0 Å². The molecule has 0 fully saturated rings. The first-order valence-electron chi connectivity index (χ1n) is 6.06. The van der Waals surface area contributed by atoms with Gasteiger partial charge in [-0.2, -0.15) is 5.10 Å². The lowest BCUT2D eigenvalue weighted by Crippen LogP contribution is -2.07. The van der Waals surface area contributed by atoms with E-state index in [1.807, 2.05) is 0 Å². The maximum atomic E-state index is 13.9. The number of para-hydroxylation sites is 1. The molecule has 0 N–H and O–H groups in total. The Morgan fingerprint density at radius 3 is 2.80 bits per heavy atom. The molecular formula is C14H13FN2O3. The number of carbonyl (C=O) groups is 2. The van der Waals surface area contributed by atoms with Crippen LogP contribution < -0.4 is 0 Å².